The molecule has 0 spiro atoms. The Morgan fingerprint density at radius 2 is 1.81 bits per heavy atom. The van der Waals surface area contributed by atoms with Gasteiger partial charge in [0, 0.05) is 11.3 Å². The summed E-state index contributed by atoms with van der Waals surface area (Å²) in [5.41, 5.74) is 1.24. The van der Waals surface area contributed by atoms with E-state index < -0.39 is 10.0 Å². The Labute approximate surface area is 155 Å². The van der Waals surface area contributed by atoms with Gasteiger partial charge in [-0.25, -0.2) is 17.4 Å². The fourth-order valence-electron chi connectivity index (χ4n) is 2.86. The molecule has 0 N–H and O–H groups in total. The Kier molecular flexibility index (Phi) is 4.26. The van der Waals surface area contributed by atoms with E-state index in [9.17, 15) is 8.42 Å². The van der Waals surface area contributed by atoms with Crippen molar-refractivity contribution in [2.24, 2.45) is 0 Å². The number of nitrogens with zero attached hydrogens (tertiary/aromatic N) is 2. The maximum Gasteiger partial charge on any atom is 0.269 e. The lowest BCUT2D eigenvalue weighted by Crippen LogP contribution is -2.16. The van der Waals surface area contributed by atoms with E-state index in [-0.39, 0.29) is 4.90 Å². The minimum Gasteiger partial charge on any atom is -0.497 e. The molecule has 132 valence electrons. The molecule has 2 aromatic heterocycles. The number of methoxy groups -OCH3 is 1. The van der Waals surface area contributed by atoms with Crippen LogP contribution in [0.3, 0.4) is 0 Å². The van der Waals surface area contributed by atoms with Crippen LogP contribution in [0.5, 0.6) is 5.75 Å². The first-order valence-electron chi connectivity index (χ1n) is 7.98. The SMILES string of the molecule is COc1ccc(S(=O)(=O)n2c(Cc3cccs3)nc3ccccc32)cc1. The second-order valence-electron chi connectivity index (χ2n) is 5.72. The van der Waals surface area contributed by atoms with Crippen molar-refractivity contribution in [3.63, 3.8) is 0 Å². The summed E-state index contributed by atoms with van der Waals surface area (Å²) in [6.45, 7) is 0. The Bertz CT molecular complexity index is 1150. The Balaban J connectivity index is 1.90. The highest BCUT2D eigenvalue weighted by Crippen LogP contribution is 2.26. The lowest BCUT2D eigenvalue weighted by Gasteiger charge is -2.11. The molecule has 2 heterocycles. The third-order valence-electron chi connectivity index (χ3n) is 4.09. The fourth-order valence-corrected chi connectivity index (χ4v) is 5.04. The highest BCUT2D eigenvalue weighted by atomic mass is 32.2. The van der Waals surface area contributed by atoms with Gasteiger partial charge in [0.25, 0.3) is 10.0 Å². The summed E-state index contributed by atoms with van der Waals surface area (Å²) >= 11 is 1.58. The van der Waals surface area contributed by atoms with E-state index in [1.165, 1.54) is 3.97 Å². The van der Waals surface area contributed by atoms with Crippen molar-refractivity contribution in [3.05, 3.63) is 76.7 Å². The lowest BCUT2D eigenvalue weighted by molar-refractivity contribution is 0.414. The molecule has 0 aliphatic carbocycles. The van der Waals surface area contributed by atoms with Gasteiger partial charge in [-0.15, -0.1) is 11.3 Å². The Hall–Kier alpha value is -2.64. The van der Waals surface area contributed by atoms with E-state index in [1.54, 1.807) is 48.8 Å². The molecule has 0 saturated heterocycles. The van der Waals surface area contributed by atoms with Gasteiger partial charge in [0.15, 0.2) is 0 Å². The van der Waals surface area contributed by atoms with E-state index in [0.717, 1.165) is 4.88 Å². The maximum absolute atomic E-state index is 13.3. The first kappa shape index (κ1) is 16.8. The molecule has 2 aromatic carbocycles. The van der Waals surface area contributed by atoms with Crippen molar-refractivity contribution in [2.45, 2.75) is 11.3 Å². The third-order valence-corrected chi connectivity index (χ3v) is 6.73. The zero-order valence-electron chi connectivity index (χ0n) is 14.0. The van der Waals surface area contributed by atoms with Gasteiger partial charge >= 0.3 is 0 Å². The number of rotatable bonds is 5. The Morgan fingerprint density at radius 3 is 2.50 bits per heavy atom. The molecule has 7 heteroatoms. The van der Waals surface area contributed by atoms with Gasteiger partial charge in [0.1, 0.15) is 11.6 Å². The standard InChI is InChI=1S/C19H16N2O3S2/c1-24-14-8-10-16(11-9-14)26(22,23)21-18-7-3-2-6-17(18)20-19(21)13-15-5-4-12-25-15/h2-12H,13H2,1H3. The van der Waals surface area contributed by atoms with Crippen molar-refractivity contribution in [1.82, 2.24) is 8.96 Å². The molecular weight excluding hydrogens is 368 g/mol. The predicted octanol–water partition coefficient (Wildman–Crippen LogP) is 3.93. The summed E-state index contributed by atoms with van der Waals surface area (Å²) in [6, 6.07) is 17.6. The van der Waals surface area contributed by atoms with Crippen LogP contribution in [0.25, 0.3) is 11.0 Å². The van der Waals surface area contributed by atoms with E-state index in [0.29, 0.717) is 29.0 Å². The number of hydrogen-bond donors (Lipinski definition) is 0. The average Bonchev–Trinajstić information content (AvgIpc) is 3.29. The van der Waals surface area contributed by atoms with Crippen molar-refractivity contribution >= 4 is 32.4 Å². The van der Waals surface area contributed by atoms with Crippen molar-refractivity contribution in [3.8, 4) is 5.75 Å². The fraction of sp³-hybridized carbons (Fsp3) is 0.105. The van der Waals surface area contributed by atoms with E-state index in [4.69, 9.17) is 4.74 Å². The maximum atomic E-state index is 13.3. The molecule has 4 aromatic rings. The number of thiophene rings is 1. The van der Waals surface area contributed by atoms with Gasteiger partial charge in [-0.2, -0.15) is 0 Å². The molecule has 0 aliphatic heterocycles. The van der Waals surface area contributed by atoms with E-state index in [1.807, 2.05) is 35.7 Å². The van der Waals surface area contributed by atoms with Gasteiger partial charge in [-0.1, -0.05) is 18.2 Å². The smallest absolute Gasteiger partial charge is 0.269 e. The molecule has 0 saturated carbocycles. The molecule has 0 aliphatic rings. The van der Waals surface area contributed by atoms with Crippen LogP contribution in [-0.4, -0.2) is 24.5 Å². The van der Waals surface area contributed by atoms with Gasteiger partial charge in [0.05, 0.1) is 23.0 Å². The van der Waals surface area contributed by atoms with Crippen LogP contribution >= 0.6 is 11.3 Å². The van der Waals surface area contributed by atoms with Crippen LogP contribution in [0.15, 0.2) is 70.9 Å². The normalized spacial score (nSPS) is 11.7. The van der Waals surface area contributed by atoms with E-state index in [2.05, 4.69) is 4.98 Å². The molecule has 0 unspecified atom stereocenters. The summed E-state index contributed by atoms with van der Waals surface area (Å²) < 4.78 is 33.2. The number of para-hydroxylation sites is 2. The summed E-state index contributed by atoms with van der Waals surface area (Å²) in [6.07, 6.45) is 0.460. The number of fused-ring (bicyclic) bond motifs is 1. The third kappa shape index (κ3) is 2.89. The number of ether oxygens (including phenoxy) is 1. The van der Waals surface area contributed by atoms with Crippen molar-refractivity contribution in [1.29, 1.82) is 0 Å². The molecule has 5 nitrogen and oxygen atoms in total. The second kappa shape index (κ2) is 6.59. The van der Waals surface area contributed by atoms with Gasteiger partial charge in [-0.3, -0.25) is 0 Å². The second-order valence-corrected chi connectivity index (χ2v) is 8.54. The quantitative estimate of drug-likeness (QED) is 0.523. The zero-order valence-corrected chi connectivity index (χ0v) is 15.6. The summed E-state index contributed by atoms with van der Waals surface area (Å²) in [7, 11) is -2.23. The van der Waals surface area contributed by atoms with Crippen LogP contribution in [-0.2, 0) is 16.4 Å². The topological polar surface area (TPSA) is 61.2 Å². The zero-order chi connectivity index (χ0) is 18.1. The monoisotopic (exact) mass is 384 g/mol. The van der Waals surface area contributed by atoms with Gasteiger partial charge < -0.3 is 4.74 Å². The molecule has 26 heavy (non-hydrogen) atoms. The van der Waals surface area contributed by atoms with Crippen LogP contribution in [0.2, 0.25) is 0 Å². The van der Waals surface area contributed by atoms with Crippen LogP contribution < -0.4 is 4.74 Å². The van der Waals surface area contributed by atoms with Crippen LogP contribution in [0, 0.1) is 0 Å². The first-order chi connectivity index (χ1) is 12.6. The largest absolute Gasteiger partial charge is 0.497 e. The molecule has 0 amide bonds. The molecular formula is C19H16N2O3S2. The van der Waals surface area contributed by atoms with Crippen LogP contribution in [0.1, 0.15) is 10.7 Å². The minimum absolute atomic E-state index is 0.203. The van der Waals surface area contributed by atoms with Gasteiger partial charge in [0.2, 0.25) is 0 Å². The van der Waals surface area contributed by atoms with Crippen LogP contribution in [0.4, 0.5) is 0 Å². The first-order valence-corrected chi connectivity index (χ1v) is 10.3. The molecule has 0 atom stereocenters. The molecule has 0 radical (unpaired) electrons. The lowest BCUT2D eigenvalue weighted by atomic mass is 10.3. The number of hydrogen-bond acceptors (Lipinski definition) is 5. The van der Waals surface area contributed by atoms with Crippen molar-refractivity contribution in [2.75, 3.05) is 7.11 Å². The molecule has 0 bridgehead atoms. The minimum atomic E-state index is -3.78. The van der Waals surface area contributed by atoms with E-state index >= 15 is 0 Å². The summed E-state index contributed by atoms with van der Waals surface area (Å²) in [4.78, 5) is 5.84. The number of benzene rings is 2. The molecule has 0 fully saturated rings. The summed E-state index contributed by atoms with van der Waals surface area (Å²) in [5.74, 6) is 1.11. The molecule has 4 rings (SSSR count). The highest BCUT2D eigenvalue weighted by Gasteiger charge is 2.24. The van der Waals surface area contributed by atoms with Gasteiger partial charge in [-0.05, 0) is 47.8 Å². The predicted molar refractivity (Wildman–Crippen MR) is 102 cm³/mol. The van der Waals surface area contributed by atoms with Crippen molar-refractivity contribution < 1.29 is 13.2 Å². The summed E-state index contributed by atoms with van der Waals surface area (Å²) in [5, 5.41) is 1.97. The number of aromatic nitrogens is 2. The number of imidazole rings is 1. The average molecular weight is 384 g/mol. The highest BCUT2D eigenvalue weighted by molar-refractivity contribution is 7.90. The Morgan fingerprint density at radius 1 is 1.04 bits per heavy atom.